The van der Waals surface area contributed by atoms with E-state index in [1.54, 1.807) is 29.2 Å². The summed E-state index contributed by atoms with van der Waals surface area (Å²) in [7, 11) is 0. The Bertz CT molecular complexity index is 674. The molecule has 0 spiro atoms. The molecule has 1 fully saturated rings. The predicted octanol–water partition coefficient (Wildman–Crippen LogP) is 1.91. The summed E-state index contributed by atoms with van der Waals surface area (Å²) in [6.07, 6.45) is 0.825. The van der Waals surface area contributed by atoms with E-state index in [0.717, 1.165) is 12.0 Å². The number of carbonyl (C=O) groups excluding carboxylic acids is 1. The number of aliphatic hydroxyl groups excluding tert-OH is 1. The van der Waals surface area contributed by atoms with Crippen molar-refractivity contribution >= 4 is 17.6 Å². The number of amides is 2. The first-order chi connectivity index (χ1) is 11.2. The molecule has 2 aromatic rings. The maximum atomic E-state index is 12.0. The summed E-state index contributed by atoms with van der Waals surface area (Å²) in [5.41, 5.74) is 0.793. The van der Waals surface area contributed by atoms with Crippen LogP contribution in [0.15, 0.2) is 28.8 Å². The van der Waals surface area contributed by atoms with Crippen LogP contribution in [0, 0.1) is 5.92 Å². The number of aromatic nitrogens is 2. The predicted molar refractivity (Wildman–Crippen MR) is 83.7 cm³/mol. The molecule has 0 radical (unpaired) electrons. The van der Waals surface area contributed by atoms with Crippen LogP contribution in [0.5, 0.6) is 0 Å². The number of nitrogens with one attached hydrogen (secondary N) is 1. The lowest BCUT2D eigenvalue weighted by Gasteiger charge is -2.16. The minimum Gasteiger partial charge on any atom is -0.396 e. The molecule has 1 unspecified atom stereocenters. The number of likely N-dealkylation sites (tertiary alicyclic amines) is 1. The maximum Gasteiger partial charge on any atom is 0.317 e. The minimum atomic E-state index is -0.188. The lowest BCUT2D eigenvalue weighted by molar-refractivity contribution is 0.196. The van der Waals surface area contributed by atoms with Crippen molar-refractivity contribution in [2.75, 3.05) is 19.7 Å². The molecule has 2 N–H and O–H groups in total. The lowest BCUT2D eigenvalue weighted by atomic mass is 10.1. The smallest absolute Gasteiger partial charge is 0.317 e. The molecule has 2 amide bonds. The van der Waals surface area contributed by atoms with Gasteiger partial charge in [-0.15, -0.1) is 0 Å². The number of aliphatic hydroxyl groups is 1. The van der Waals surface area contributed by atoms with E-state index < -0.39 is 0 Å². The van der Waals surface area contributed by atoms with Crippen molar-refractivity contribution in [3.63, 3.8) is 0 Å². The van der Waals surface area contributed by atoms with Crippen molar-refractivity contribution in [3.8, 4) is 11.4 Å². The first-order valence-electron chi connectivity index (χ1n) is 7.38. The average molecular weight is 337 g/mol. The zero-order valence-electron chi connectivity index (χ0n) is 12.4. The summed E-state index contributed by atoms with van der Waals surface area (Å²) in [5, 5.41) is 16.4. The molecule has 1 aromatic heterocycles. The first-order valence-corrected chi connectivity index (χ1v) is 7.75. The van der Waals surface area contributed by atoms with Gasteiger partial charge in [-0.3, -0.25) is 0 Å². The van der Waals surface area contributed by atoms with Gasteiger partial charge in [0, 0.05) is 36.2 Å². The van der Waals surface area contributed by atoms with Crippen LogP contribution >= 0.6 is 11.6 Å². The summed E-state index contributed by atoms with van der Waals surface area (Å²) in [5.74, 6) is 0.953. The van der Waals surface area contributed by atoms with Crippen LogP contribution in [0.3, 0.4) is 0 Å². The number of hydrogen-bond acceptors (Lipinski definition) is 5. The van der Waals surface area contributed by atoms with Gasteiger partial charge < -0.3 is 19.8 Å². The van der Waals surface area contributed by atoms with E-state index in [2.05, 4.69) is 15.5 Å². The summed E-state index contributed by atoms with van der Waals surface area (Å²) < 4.78 is 5.14. The Balaban J connectivity index is 1.55. The molecule has 1 saturated heterocycles. The van der Waals surface area contributed by atoms with Gasteiger partial charge in [0.25, 0.3) is 0 Å². The second-order valence-corrected chi connectivity index (χ2v) is 5.90. The van der Waals surface area contributed by atoms with Crippen molar-refractivity contribution in [3.05, 3.63) is 35.2 Å². The Kier molecular flexibility index (Phi) is 4.78. The number of carbonyl (C=O) groups is 1. The van der Waals surface area contributed by atoms with Gasteiger partial charge in [0.1, 0.15) is 0 Å². The Hall–Kier alpha value is -2.12. The highest BCUT2D eigenvalue weighted by atomic mass is 35.5. The largest absolute Gasteiger partial charge is 0.396 e. The van der Waals surface area contributed by atoms with Crippen LogP contribution in [0.1, 0.15) is 12.3 Å². The average Bonchev–Trinajstić information content (AvgIpc) is 3.22. The lowest BCUT2D eigenvalue weighted by Crippen LogP contribution is -2.38. The normalized spacial score (nSPS) is 17.5. The molecule has 7 nitrogen and oxygen atoms in total. The Morgan fingerprint density at radius 1 is 1.43 bits per heavy atom. The van der Waals surface area contributed by atoms with Crippen molar-refractivity contribution in [1.82, 2.24) is 20.4 Å². The monoisotopic (exact) mass is 336 g/mol. The van der Waals surface area contributed by atoms with E-state index in [1.165, 1.54) is 0 Å². The third kappa shape index (κ3) is 3.80. The molecule has 0 aliphatic carbocycles. The fraction of sp³-hybridized carbons (Fsp3) is 0.400. The van der Waals surface area contributed by atoms with Crippen molar-refractivity contribution < 1.29 is 14.4 Å². The number of nitrogens with zero attached hydrogens (tertiary/aromatic N) is 3. The third-order valence-corrected chi connectivity index (χ3v) is 4.04. The third-order valence-electron chi connectivity index (χ3n) is 3.79. The topological polar surface area (TPSA) is 91.5 Å². The molecule has 1 aliphatic heterocycles. The number of halogens is 1. The molecule has 3 rings (SSSR count). The number of hydrogen-bond donors (Lipinski definition) is 2. The van der Waals surface area contributed by atoms with Gasteiger partial charge >= 0.3 is 6.03 Å². The first kappa shape index (κ1) is 15.8. The molecule has 2 heterocycles. The maximum absolute atomic E-state index is 12.0. The molecule has 0 bridgehead atoms. The van der Waals surface area contributed by atoms with Crippen LogP contribution in [-0.4, -0.2) is 45.9 Å². The molecule has 1 atom stereocenters. The van der Waals surface area contributed by atoms with Gasteiger partial charge in [-0.25, -0.2) is 4.79 Å². The van der Waals surface area contributed by atoms with Gasteiger partial charge in [0.2, 0.25) is 11.7 Å². The summed E-state index contributed by atoms with van der Waals surface area (Å²) in [6.45, 7) is 1.50. The van der Waals surface area contributed by atoms with Crippen LogP contribution in [0.4, 0.5) is 4.79 Å². The van der Waals surface area contributed by atoms with Crippen LogP contribution < -0.4 is 5.32 Å². The van der Waals surface area contributed by atoms with Gasteiger partial charge in [-0.1, -0.05) is 16.8 Å². The van der Waals surface area contributed by atoms with Crippen LogP contribution in [-0.2, 0) is 6.54 Å². The summed E-state index contributed by atoms with van der Waals surface area (Å²) >= 11 is 5.84. The Labute approximate surface area is 138 Å². The van der Waals surface area contributed by atoms with Gasteiger partial charge in [-0.05, 0) is 30.7 Å². The molecule has 8 heteroatoms. The standard InChI is InChI=1S/C15H17ClN4O3/c16-12-3-1-11(2-4-12)14-18-13(23-19-14)7-17-15(22)20-6-5-10(8-20)9-21/h1-4,10,21H,5-9H2,(H,17,22). The number of benzene rings is 1. The second kappa shape index (κ2) is 6.97. The zero-order valence-corrected chi connectivity index (χ0v) is 13.2. The van der Waals surface area contributed by atoms with E-state index in [9.17, 15) is 4.79 Å². The second-order valence-electron chi connectivity index (χ2n) is 5.46. The van der Waals surface area contributed by atoms with E-state index in [-0.39, 0.29) is 25.1 Å². The van der Waals surface area contributed by atoms with Crippen molar-refractivity contribution in [2.24, 2.45) is 5.92 Å². The van der Waals surface area contributed by atoms with E-state index in [0.29, 0.717) is 29.8 Å². The van der Waals surface area contributed by atoms with Gasteiger partial charge in [0.15, 0.2) is 0 Å². The molecular formula is C15H17ClN4O3. The van der Waals surface area contributed by atoms with E-state index in [4.69, 9.17) is 21.2 Å². The molecule has 1 aliphatic rings. The highest BCUT2D eigenvalue weighted by Gasteiger charge is 2.25. The zero-order chi connectivity index (χ0) is 16.2. The summed E-state index contributed by atoms with van der Waals surface area (Å²) in [4.78, 5) is 17.9. The van der Waals surface area contributed by atoms with Gasteiger partial charge in [0.05, 0.1) is 6.54 Å². The number of urea groups is 1. The van der Waals surface area contributed by atoms with Gasteiger partial charge in [-0.2, -0.15) is 4.98 Å². The molecule has 0 saturated carbocycles. The fourth-order valence-electron chi connectivity index (χ4n) is 2.47. The fourth-order valence-corrected chi connectivity index (χ4v) is 2.60. The summed E-state index contributed by atoms with van der Waals surface area (Å²) in [6, 6.07) is 6.91. The van der Waals surface area contributed by atoms with E-state index >= 15 is 0 Å². The SMILES string of the molecule is O=C(NCc1nc(-c2ccc(Cl)cc2)no1)N1CCC(CO)C1. The number of rotatable bonds is 4. The Morgan fingerprint density at radius 2 is 2.22 bits per heavy atom. The molecule has 122 valence electrons. The van der Waals surface area contributed by atoms with Crippen LogP contribution in [0.25, 0.3) is 11.4 Å². The molecule has 23 heavy (non-hydrogen) atoms. The van der Waals surface area contributed by atoms with Crippen molar-refractivity contribution in [1.29, 1.82) is 0 Å². The van der Waals surface area contributed by atoms with E-state index in [1.807, 2.05) is 0 Å². The Morgan fingerprint density at radius 3 is 2.91 bits per heavy atom. The van der Waals surface area contributed by atoms with Crippen molar-refractivity contribution in [2.45, 2.75) is 13.0 Å². The highest BCUT2D eigenvalue weighted by Crippen LogP contribution is 2.19. The highest BCUT2D eigenvalue weighted by molar-refractivity contribution is 6.30. The minimum absolute atomic E-state index is 0.109. The quantitative estimate of drug-likeness (QED) is 0.890. The molecular weight excluding hydrogens is 320 g/mol. The van der Waals surface area contributed by atoms with Crippen LogP contribution in [0.2, 0.25) is 5.02 Å². The molecule has 1 aromatic carbocycles.